The van der Waals surface area contributed by atoms with E-state index in [1.807, 2.05) is 12.1 Å². The molecule has 86 valence electrons. The van der Waals surface area contributed by atoms with Gasteiger partial charge in [-0.3, -0.25) is 0 Å². The van der Waals surface area contributed by atoms with Crippen LogP contribution in [0.5, 0.6) is 0 Å². The van der Waals surface area contributed by atoms with Crippen molar-refractivity contribution in [3.8, 4) is 12.1 Å². The number of nitrogens with one attached hydrogen (secondary N) is 1. The zero-order valence-corrected chi connectivity index (χ0v) is 11.8. The SMILES string of the molecule is CC(C)c1ccc(NC=C(C#N)C#N)c(I)c1. The van der Waals surface area contributed by atoms with Gasteiger partial charge in [0.15, 0.2) is 0 Å². The molecule has 4 heteroatoms. The first kappa shape index (κ1) is 13.5. The molecule has 0 aromatic heterocycles. The van der Waals surface area contributed by atoms with E-state index in [1.165, 1.54) is 11.8 Å². The summed E-state index contributed by atoms with van der Waals surface area (Å²) in [6.45, 7) is 4.28. The molecule has 0 unspecified atom stereocenters. The lowest BCUT2D eigenvalue weighted by Crippen LogP contribution is -1.95. The van der Waals surface area contributed by atoms with Crippen LogP contribution in [0.1, 0.15) is 25.3 Å². The van der Waals surface area contributed by atoms with Crippen molar-refractivity contribution in [1.29, 1.82) is 10.5 Å². The Morgan fingerprint density at radius 1 is 1.35 bits per heavy atom. The molecule has 0 aliphatic carbocycles. The van der Waals surface area contributed by atoms with Crippen LogP contribution in [0, 0.1) is 26.2 Å². The smallest absolute Gasteiger partial charge is 0.145 e. The van der Waals surface area contributed by atoms with Gasteiger partial charge in [0.1, 0.15) is 17.7 Å². The second kappa shape index (κ2) is 6.27. The summed E-state index contributed by atoms with van der Waals surface area (Å²) in [7, 11) is 0. The van der Waals surface area contributed by atoms with Crippen LogP contribution in [0.3, 0.4) is 0 Å². The third-order valence-corrected chi connectivity index (χ3v) is 3.17. The molecule has 0 fully saturated rings. The van der Waals surface area contributed by atoms with Gasteiger partial charge < -0.3 is 5.32 Å². The Labute approximate surface area is 115 Å². The predicted octanol–water partition coefficient (Wildman–Crippen LogP) is 3.76. The van der Waals surface area contributed by atoms with Crippen molar-refractivity contribution in [3.05, 3.63) is 39.1 Å². The molecule has 0 saturated heterocycles. The number of allylic oxidation sites excluding steroid dienone is 1. The van der Waals surface area contributed by atoms with Gasteiger partial charge in [0, 0.05) is 9.77 Å². The summed E-state index contributed by atoms with van der Waals surface area (Å²) < 4.78 is 1.07. The van der Waals surface area contributed by atoms with E-state index in [1.54, 1.807) is 12.1 Å². The minimum atomic E-state index is 0.0636. The lowest BCUT2D eigenvalue weighted by Gasteiger charge is -2.09. The molecule has 0 spiro atoms. The van der Waals surface area contributed by atoms with Crippen LogP contribution in [0.4, 0.5) is 5.69 Å². The zero-order valence-electron chi connectivity index (χ0n) is 9.66. The van der Waals surface area contributed by atoms with Gasteiger partial charge in [0.05, 0.1) is 5.69 Å². The van der Waals surface area contributed by atoms with E-state index < -0.39 is 0 Å². The summed E-state index contributed by atoms with van der Waals surface area (Å²) in [4.78, 5) is 0. The summed E-state index contributed by atoms with van der Waals surface area (Å²) in [5.41, 5.74) is 2.23. The van der Waals surface area contributed by atoms with Gasteiger partial charge in [-0.1, -0.05) is 19.9 Å². The van der Waals surface area contributed by atoms with Crippen LogP contribution in [0.15, 0.2) is 30.0 Å². The lowest BCUT2D eigenvalue weighted by atomic mass is 10.0. The highest BCUT2D eigenvalue weighted by atomic mass is 127. The van der Waals surface area contributed by atoms with Crippen molar-refractivity contribution in [2.75, 3.05) is 5.32 Å². The number of nitriles is 2. The van der Waals surface area contributed by atoms with E-state index in [2.05, 4.69) is 47.8 Å². The summed E-state index contributed by atoms with van der Waals surface area (Å²) >= 11 is 2.23. The van der Waals surface area contributed by atoms with Gasteiger partial charge in [-0.2, -0.15) is 10.5 Å². The van der Waals surface area contributed by atoms with E-state index in [4.69, 9.17) is 10.5 Å². The highest BCUT2D eigenvalue weighted by Gasteiger charge is 2.03. The van der Waals surface area contributed by atoms with Gasteiger partial charge >= 0.3 is 0 Å². The summed E-state index contributed by atoms with van der Waals surface area (Å²) in [5.74, 6) is 0.488. The number of hydrogen-bond acceptors (Lipinski definition) is 3. The molecule has 3 nitrogen and oxygen atoms in total. The van der Waals surface area contributed by atoms with Gasteiger partial charge in [-0.05, 0) is 46.2 Å². The molecule has 0 amide bonds. The molecule has 17 heavy (non-hydrogen) atoms. The Morgan fingerprint density at radius 2 is 2.00 bits per heavy atom. The average molecular weight is 337 g/mol. The van der Waals surface area contributed by atoms with Gasteiger partial charge in [0.2, 0.25) is 0 Å². The van der Waals surface area contributed by atoms with Crippen LogP contribution in [0.2, 0.25) is 0 Å². The Kier molecular flexibility index (Phi) is 4.99. The molecule has 1 aromatic carbocycles. The third-order valence-electron chi connectivity index (χ3n) is 2.27. The van der Waals surface area contributed by atoms with Crippen LogP contribution in [0.25, 0.3) is 0 Å². The molecule has 0 heterocycles. The summed E-state index contributed by atoms with van der Waals surface area (Å²) in [6.07, 6.45) is 1.42. The third kappa shape index (κ3) is 3.76. The fourth-order valence-corrected chi connectivity index (χ4v) is 1.94. The maximum Gasteiger partial charge on any atom is 0.145 e. The molecule has 1 N–H and O–H groups in total. The highest BCUT2D eigenvalue weighted by Crippen LogP contribution is 2.23. The van der Waals surface area contributed by atoms with Crippen molar-refractivity contribution < 1.29 is 0 Å². The number of anilines is 1. The quantitative estimate of drug-likeness (QED) is 0.675. The predicted molar refractivity (Wildman–Crippen MR) is 76.2 cm³/mol. The number of hydrogen-bond donors (Lipinski definition) is 1. The van der Waals surface area contributed by atoms with E-state index in [0.717, 1.165) is 9.26 Å². The topological polar surface area (TPSA) is 59.6 Å². The lowest BCUT2D eigenvalue weighted by molar-refractivity contribution is 0.866. The number of rotatable bonds is 3. The minimum absolute atomic E-state index is 0.0636. The molecular weight excluding hydrogens is 325 g/mol. The molecular formula is C13H12IN3. The van der Waals surface area contributed by atoms with Crippen molar-refractivity contribution in [1.82, 2.24) is 0 Å². The Morgan fingerprint density at radius 3 is 2.47 bits per heavy atom. The fourth-order valence-electron chi connectivity index (χ4n) is 1.25. The molecule has 0 saturated carbocycles. The van der Waals surface area contributed by atoms with E-state index in [0.29, 0.717) is 5.92 Å². The first-order valence-electron chi connectivity index (χ1n) is 5.14. The Balaban J connectivity index is 2.92. The van der Waals surface area contributed by atoms with Gasteiger partial charge in [0.25, 0.3) is 0 Å². The number of benzene rings is 1. The van der Waals surface area contributed by atoms with Crippen LogP contribution in [-0.4, -0.2) is 0 Å². The van der Waals surface area contributed by atoms with Gasteiger partial charge in [-0.15, -0.1) is 0 Å². The van der Waals surface area contributed by atoms with E-state index in [-0.39, 0.29) is 5.57 Å². The Bertz CT molecular complexity index is 502. The van der Waals surface area contributed by atoms with Crippen LogP contribution >= 0.6 is 22.6 Å². The largest absolute Gasteiger partial charge is 0.359 e. The summed E-state index contributed by atoms with van der Waals surface area (Å²) in [5, 5.41) is 20.2. The van der Waals surface area contributed by atoms with Crippen LogP contribution < -0.4 is 5.32 Å². The zero-order chi connectivity index (χ0) is 12.8. The Hall–Kier alpha value is -1.53. The standard InChI is InChI=1S/C13H12IN3/c1-9(2)11-3-4-13(12(14)5-11)17-8-10(6-15)7-16/h3-5,8-9,17H,1-2H3. The van der Waals surface area contributed by atoms with E-state index >= 15 is 0 Å². The first-order valence-corrected chi connectivity index (χ1v) is 6.22. The van der Waals surface area contributed by atoms with Crippen LogP contribution in [-0.2, 0) is 0 Å². The highest BCUT2D eigenvalue weighted by molar-refractivity contribution is 14.1. The monoisotopic (exact) mass is 337 g/mol. The van der Waals surface area contributed by atoms with Crippen molar-refractivity contribution >= 4 is 28.3 Å². The molecule has 0 atom stereocenters. The van der Waals surface area contributed by atoms with Crippen molar-refractivity contribution in [2.45, 2.75) is 19.8 Å². The maximum atomic E-state index is 8.61. The minimum Gasteiger partial charge on any atom is -0.359 e. The van der Waals surface area contributed by atoms with E-state index in [9.17, 15) is 0 Å². The van der Waals surface area contributed by atoms with Crippen molar-refractivity contribution in [3.63, 3.8) is 0 Å². The molecule has 0 bridgehead atoms. The molecule has 0 aliphatic rings. The number of nitrogens with zero attached hydrogens (tertiary/aromatic N) is 2. The molecule has 0 radical (unpaired) electrons. The van der Waals surface area contributed by atoms with Crippen molar-refractivity contribution in [2.24, 2.45) is 0 Å². The summed E-state index contributed by atoms with van der Waals surface area (Å²) in [6, 6.07) is 9.71. The fraction of sp³-hybridized carbons (Fsp3) is 0.231. The molecule has 1 rings (SSSR count). The maximum absolute atomic E-state index is 8.61. The first-order chi connectivity index (χ1) is 8.08. The molecule has 0 aliphatic heterocycles. The number of halogens is 1. The second-order valence-corrected chi connectivity index (χ2v) is 4.98. The average Bonchev–Trinajstić information content (AvgIpc) is 2.31. The second-order valence-electron chi connectivity index (χ2n) is 3.82. The molecule has 1 aromatic rings. The normalized spacial score (nSPS) is 9.29. The van der Waals surface area contributed by atoms with Gasteiger partial charge in [-0.25, -0.2) is 0 Å².